The van der Waals surface area contributed by atoms with E-state index >= 15 is 0 Å². The third-order valence-electron chi connectivity index (χ3n) is 3.16. The smallest absolute Gasteiger partial charge is 0.192 e. The van der Waals surface area contributed by atoms with E-state index in [9.17, 15) is 10.2 Å². The van der Waals surface area contributed by atoms with Gasteiger partial charge in [0, 0.05) is 19.0 Å². The minimum atomic E-state index is -1.62. The highest BCUT2D eigenvalue weighted by Gasteiger charge is 2.68. The monoisotopic (exact) mass is 219 g/mol. The Labute approximate surface area is 87.5 Å². The van der Waals surface area contributed by atoms with E-state index in [0.29, 0.717) is 13.0 Å². The van der Waals surface area contributed by atoms with Gasteiger partial charge in [-0.3, -0.25) is 0 Å². The molecule has 0 aromatic rings. The number of rotatable bonds is 4. The molecule has 1 spiro atoms. The zero-order chi connectivity index (χ0) is 11.1. The van der Waals surface area contributed by atoms with Crippen LogP contribution in [0.3, 0.4) is 0 Å². The minimum absolute atomic E-state index is 0.0208. The quantitative estimate of drug-likeness (QED) is 0.359. The fourth-order valence-corrected chi connectivity index (χ4v) is 2.26. The zero-order valence-corrected chi connectivity index (χ0v) is 8.39. The number of hydrogen-bond acceptors (Lipinski definition) is 6. The van der Waals surface area contributed by atoms with E-state index in [2.05, 4.69) is 5.32 Å². The fraction of sp³-hybridized carbons (Fsp3) is 1.00. The van der Waals surface area contributed by atoms with E-state index in [1.807, 2.05) is 0 Å². The Morgan fingerprint density at radius 2 is 2.07 bits per heavy atom. The molecular formula is C9H17NO5. The summed E-state index contributed by atoms with van der Waals surface area (Å²) in [6, 6.07) is -0.0553. The lowest BCUT2D eigenvalue weighted by atomic mass is 10.1. The third-order valence-corrected chi connectivity index (χ3v) is 3.16. The van der Waals surface area contributed by atoms with Crippen molar-refractivity contribution in [3.8, 4) is 0 Å². The third kappa shape index (κ3) is 1.77. The molecule has 1 heterocycles. The van der Waals surface area contributed by atoms with Crippen LogP contribution < -0.4 is 5.32 Å². The lowest BCUT2D eigenvalue weighted by Gasteiger charge is -2.20. The molecule has 4 atom stereocenters. The van der Waals surface area contributed by atoms with Gasteiger partial charge in [-0.15, -0.1) is 0 Å². The molecule has 5 N–H and O–H groups in total. The van der Waals surface area contributed by atoms with Gasteiger partial charge in [0.05, 0.1) is 19.3 Å². The van der Waals surface area contributed by atoms with Crippen LogP contribution in [0, 0.1) is 0 Å². The number of aliphatic hydroxyl groups is 4. The van der Waals surface area contributed by atoms with Crippen molar-refractivity contribution in [2.45, 2.75) is 36.4 Å². The van der Waals surface area contributed by atoms with Gasteiger partial charge in [-0.2, -0.15) is 0 Å². The highest BCUT2D eigenvalue weighted by atomic mass is 16.7. The van der Waals surface area contributed by atoms with Crippen LogP contribution in [0.4, 0.5) is 0 Å². The second-order valence-corrected chi connectivity index (χ2v) is 4.32. The fourth-order valence-electron chi connectivity index (χ4n) is 2.26. The van der Waals surface area contributed by atoms with Gasteiger partial charge in [-0.05, 0) is 6.42 Å². The number of hydrogen-bond donors (Lipinski definition) is 5. The van der Waals surface area contributed by atoms with E-state index < -0.39 is 24.1 Å². The molecule has 1 aliphatic carbocycles. The van der Waals surface area contributed by atoms with Crippen molar-refractivity contribution in [3.63, 3.8) is 0 Å². The van der Waals surface area contributed by atoms with Crippen molar-refractivity contribution in [3.05, 3.63) is 0 Å². The molecule has 0 aromatic heterocycles. The van der Waals surface area contributed by atoms with Gasteiger partial charge in [0.15, 0.2) is 5.79 Å². The summed E-state index contributed by atoms with van der Waals surface area (Å²) in [6.07, 6.45) is -0.150. The summed E-state index contributed by atoms with van der Waals surface area (Å²) in [5.41, 5.74) is -0.771. The van der Waals surface area contributed by atoms with Crippen LogP contribution in [-0.2, 0) is 4.74 Å². The predicted octanol–water partition coefficient (Wildman–Crippen LogP) is -2.46. The summed E-state index contributed by atoms with van der Waals surface area (Å²) >= 11 is 0. The second-order valence-electron chi connectivity index (χ2n) is 4.32. The first kappa shape index (κ1) is 11.3. The minimum Gasteiger partial charge on any atom is -0.395 e. The topological polar surface area (TPSA) is 102 Å². The molecule has 0 radical (unpaired) electrons. The first-order valence-corrected chi connectivity index (χ1v) is 5.12. The molecule has 88 valence electrons. The second kappa shape index (κ2) is 3.65. The molecule has 2 unspecified atom stereocenters. The average molecular weight is 219 g/mol. The molecule has 1 saturated heterocycles. The van der Waals surface area contributed by atoms with Gasteiger partial charge in [-0.25, -0.2) is 0 Å². The van der Waals surface area contributed by atoms with Crippen LogP contribution in [0.15, 0.2) is 0 Å². The van der Waals surface area contributed by atoms with Crippen LogP contribution in [0.5, 0.6) is 0 Å². The molecule has 6 heteroatoms. The van der Waals surface area contributed by atoms with Crippen molar-refractivity contribution < 1.29 is 25.2 Å². The Balaban J connectivity index is 1.95. The van der Waals surface area contributed by atoms with Crippen molar-refractivity contribution in [1.82, 2.24) is 5.32 Å². The van der Waals surface area contributed by atoms with E-state index in [0.717, 1.165) is 0 Å². The van der Waals surface area contributed by atoms with Gasteiger partial charge >= 0.3 is 0 Å². The lowest BCUT2D eigenvalue weighted by molar-refractivity contribution is -0.221. The van der Waals surface area contributed by atoms with Crippen LogP contribution in [0.2, 0.25) is 0 Å². The van der Waals surface area contributed by atoms with Crippen molar-refractivity contribution in [1.29, 1.82) is 0 Å². The maximum absolute atomic E-state index is 9.76. The highest BCUT2D eigenvalue weighted by molar-refractivity contribution is 5.19. The Morgan fingerprint density at radius 1 is 1.33 bits per heavy atom. The van der Waals surface area contributed by atoms with E-state index in [1.165, 1.54) is 0 Å². The maximum Gasteiger partial charge on any atom is 0.192 e. The molecule has 1 aliphatic heterocycles. The first-order chi connectivity index (χ1) is 7.06. The standard InChI is InChI=1S/C9H17NO5/c11-2-1-10-6-3-9(6)7(13)4-8(14,5-12)15-9/h6-7,10-14H,1-5H2/t6-,7?,8?,9+/m1/s1. The Morgan fingerprint density at radius 3 is 2.60 bits per heavy atom. The molecule has 1 saturated carbocycles. The molecule has 6 nitrogen and oxygen atoms in total. The van der Waals surface area contributed by atoms with E-state index in [1.54, 1.807) is 0 Å². The molecule has 2 fully saturated rings. The Hall–Kier alpha value is -0.240. The summed E-state index contributed by atoms with van der Waals surface area (Å²) < 4.78 is 5.33. The summed E-state index contributed by atoms with van der Waals surface area (Å²) in [5.74, 6) is -1.62. The molecule has 0 bridgehead atoms. The normalized spacial score (nSPS) is 48.8. The van der Waals surface area contributed by atoms with Crippen LogP contribution in [0.25, 0.3) is 0 Å². The van der Waals surface area contributed by atoms with Crippen LogP contribution in [0.1, 0.15) is 12.8 Å². The van der Waals surface area contributed by atoms with Gasteiger partial charge in [-0.1, -0.05) is 0 Å². The van der Waals surface area contributed by atoms with Crippen molar-refractivity contribution >= 4 is 0 Å². The molecule has 2 aliphatic rings. The zero-order valence-electron chi connectivity index (χ0n) is 8.39. The maximum atomic E-state index is 9.76. The summed E-state index contributed by atoms with van der Waals surface area (Å²) in [6.45, 7) is -0.0640. The number of aliphatic hydroxyl groups excluding tert-OH is 3. The van der Waals surface area contributed by atoms with Gasteiger partial charge in [0.1, 0.15) is 5.60 Å². The average Bonchev–Trinajstić information content (AvgIpc) is 2.82. The van der Waals surface area contributed by atoms with E-state index in [-0.39, 0.29) is 19.1 Å². The SMILES string of the molecule is OCCN[C@@H]1C[C@]12OC(O)(CO)CC2O. The first-order valence-electron chi connectivity index (χ1n) is 5.12. The van der Waals surface area contributed by atoms with Crippen LogP contribution in [-0.4, -0.2) is 63.7 Å². The van der Waals surface area contributed by atoms with E-state index in [4.69, 9.17) is 14.9 Å². The number of nitrogens with one attached hydrogen (secondary N) is 1. The van der Waals surface area contributed by atoms with Crippen molar-refractivity contribution in [2.75, 3.05) is 19.8 Å². The van der Waals surface area contributed by atoms with Gasteiger partial charge < -0.3 is 30.5 Å². The summed E-state index contributed by atoms with van der Waals surface area (Å²) in [7, 11) is 0. The molecular weight excluding hydrogens is 202 g/mol. The molecule has 0 amide bonds. The lowest BCUT2D eigenvalue weighted by Crippen LogP contribution is -2.37. The Kier molecular flexibility index (Phi) is 2.74. The van der Waals surface area contributed by atoms with Gasteiger partial charge in [0.2, 0.25) is 0 Å². The predicted molar refractivity (Wildman–Crippen MR) is 50.0 cm³/mol. The van der Waals surface area contributed by atoms with Crippen LogP contribution >= 0.6 is 0 Å². The highest BCUT2D eigenvalue weighted by Crippen LogP contribution is 2.52. The molecule has 0 aromatic carbocycles. The largest absolute Gasteiger partial charge is 0.395 e. The summed E-state index contributed by atoms with van der Waals surface area (Å²) in [5, 5.41) is 40.0. The molecule has 2 rings (SSSR count). The summed E-state index contributed by atoms with van der Waals surface area (Å²) in [4.78, 5) is 0. The van der Waals surface area contributed by atoms with Gasteiger partial charge in [0.25, 0.3) is 0 Å². The van der Waals surface area contributed by atoms with Crippen molar-refractivity contribution in [2.24, 2.45) is 0 Å². The Bertz CT molecular complexity index is 251. The number of ether oxygens (including phenoxy) is 1. The molecule has 15 heavy (non-hydrogen) atoms.